The van der Waals surface area contributed by atoms with E-state index in [1.54, 1.807) is 0 Å². The summed E-state index contributed by atoms with van der Waals surface area (Å²) in [4.78, 5) is 17.3. The Hall–Kier alpha value is -2.18. The highest BCUT2D eigenvalue weighted by Gasteiger charge is 2.51. The van der Waals surface area contributed by atoms with E-state index in [1.165, 1.54) is 62.3 Å². The van der Waals surface area contributed by atoms with Crippen LogP contribution in [-0.4, -0.2) is 41.4 Å². The van der Waals surface area contributed by atoms with Crippen molar-refractivity contribution in [3.05, 3.63) is 53.2 Å². The molecule has 1 aromatic carbocycles. The van der Waals surface area contributed by atoms with Gasteiger partial charge in [0.1, 0.15) is 6.26 Å². The van der Waals surface area contributed by atoms with Crippen LogP contribution in [0.15, 0.2) is 34.9 Å². The summed E-state index contributed by atoms with van der Waals surface area (Å²) in [5, 5.41) is 12.5. The van der Waals surface area contributed by atoms with E-state index in [0.717, 1.165) is 31.6 Å². The van der Waals surface area contributed by atoms with Gasteiger partial charge in [0.05, 0.1) is 18.1 Å². The van der Waals surface area contributed by atoms with Crippen molar-refractivity contribution < 1.29 is 19.1 Å². The second kappa shape index (κ2) is 11.7. The summed E-state index contributed by atoms with van der Waals surface area (Å²) in [5.74, 6) is 1.71. The molecule has 1 saturated carbocycles. The normalized spacial score (nSPS) is 26.3. The standard InChI is InChI=1S/C29H40N2O4/c32-17-15-21-11-4-5-12-22(21)18-23-25-13-14-26(35-25)27(23)29-31-24(19-34-29)28(33)30-16-7-6-10-20-8-2-1-3-9-20/h4-5,11-12,19-20,23,25-27,32H,1-3,6-10,13-18H2,(H,30,33)/t23-,25-,26+,27-/m0/s1. The van der Waals surface area contributed by atoms with E-state index >= 15 is 0 Å². The van der Waals surface area contributed by atoms with Crippen LogP contribution in [0.3, 0.4) is 0 Å². The van der Waals surface area contributed by atoms with Crippen LogP contribution in [0.1, 0.15) is 97.6 Å². The van der Waals surface area contributed by atoms with Crippen molar-refractivity contribution in [3.8, 4) is 0 Å². The fourth-order valence-electron chi connectivity index (χ4n) is 6.62. The van der Waals surface area contributed by atoms with Crippen LogP contribution in [0.2, 0.25) is 0 Å². The van der Waals surface area contributed by atoms with Gasteiger partial charge in [0.2, 0.25) is 5.89 Å². The molecule has 5 rings (SSSR count). The van der Waals surface area contributed by atoms with Crippen LogP contribution in [0, 0.1) is 11.8 Å². The van der Waals surface area contributed by atoms with Crippen LogP contribution < -0.4 is 5.32 Å². The lowest BCUT2D eigenvalue weighted by molar-refractivity contribution is 0.0897. The lowest BCUT2D eigenvalue weighted by Gasteiger charge is -2.26. The molecule has 3 fully saturated rings. The predicted octanol–water partition coefficient (Wildman–Crippen LogP) is 5.19. The zero-order chi connectivity index (χ0) is 24.0. The number of unbranched alkanes of at least 4 members (excludes halogenated alkanes) is 1. The Morgan fingerprint density at radius 2 is 1.83 bits per heavy atom. The van der Waals surface area contributed by atoms with Gasteiger partial charge < -0.3 is 19.6 Å². The highest BCUT2D eigenvalue weighted by Crippen LogP contribution is 2.50. The molecule has 1 aliphatic carbocycles. The Kier molecular flexibility index (Phi) is 8.20. The number of benzene rings is 1. The number of oxazole rings is 1. The number of aromatic nitrogens is 1. The summed E-state index contributed by atoms with van der Waals surface area (Å²) in [6.07, 6.45) is 15.8. The van der Waals surface area contributed by atoms with Crippen molar-refractivity contribution in [1.82, 2.24) is 10.3 Å². The monoisotopic (exact) mass is 480 g/mol. The second-order valence-electron chi connectivity index (χ2n) is 10.8. The molecule has 0 radical (unpaired) electrons. The number of hydrogen-bond donors (Lipinski definition) is 2. The van der Waals surface area contributed by atoms with Gasteiger partial charge in [-0.1, -0.05) is 69.2 Å². The fraction of sp³-hybridized carbons (Fsp3) is 0.655. The number of aliphatic hydroxyl groups excluding tert-OH is 1. The molecular weight excluding hydrogens is 440 g/mol. The Labute approximate surface area is 208 Å². The van der Waals surface area contributed by atoms with Gasteiger partial charge in [-0.15, -0.1) is 0 Å². The molecule has 2 bridgehead atoms. The molecule has 35 heavy (non-hydrogen) atoms. The Bertz CT molecular complexity index is 967. The van der Waals surface area contributed by atoms with Crippen LogP contribution in [0.25, 0.3) is 0 Å². The molecule has 2 aromatic rings. The van der Waals surface area contributed by atoms with Crippen molar-refractivity contribution in [2.75, 3.05) is 13.2 Å². The van der Waals surface area contributed by atoms with Crippen molar-refractivity contribution in [2.24, 2.45) is 11.8 Å². The zero-order valence-corrected chi connectivity index (χ0v) is 20.8. The van der Waals surface area contributed by atoms with Crippen molar-refractivity contribution in [3.63, 3.8) is 0 Å². The van der Waals surface area contributed by atoms with Gasteiger partial charge in [-0.3, -0.25) is 4.79 Å². The van der Waals surface area contributed by atoms with Gasteiger partial charge in [0.15, 0.2) is 5.69 Å². The summed E-state index contributed by atoms with van der Waals surface area (Å²) in [6, 6.07) is 8.33. The maximum Gasteiger partial charge on any atom is 0.273 e. The van der Waals surface area contributed by atoms with Crippen LogP contribution in [0.4, 0.5) is 0 Å². The lowest BCUT2D eigenvalue weighted by Crippen LogP contribution is -2.28. The molecule has 2 N–H and O–H groups in total. The van der Waals surface area contributed by atoms with Gasteiger partial charge in [0, 0.05) is 19.1 Å². The third kappa shape index (κ3) is 5.80. The number of rotatable bonds is 11. The largest absolute Gasteiger partial charge is 0.448 e. The first-order chi connectivity index (χ1) is 17.2. The van der Waals surface area contributed by atoms with Crippen molar-refractivity contribution >= 4 is 5.91 Å². The summed E-state index contributed by atoms with van der Waals surface area (Å²) in [7, 11) is 0. The highest BCUT2D eigenvalue weighted by molar-refractivity contribution is 5.91. The minimum absolute atomic E-state index is 0.0629. The zero-order valence-electron chi connectivity index (χ0n) is 20.8. The predicted molar refractivity (Wildman–Crippen MR) is 134 cm³/mol. The van der Waals surface area contributed by atoms with Gasteiger partial charge in [0.25, 0.3) is 5.91 Å². The lowest BCUT2D eigenvalue weighted by atomic mass is 9.75. The maximum atomic E-state index is 12.7. The van der Waals surface area contributed by atoms with E-state index in [9.17, 15) is 9.90 Å². The number of carbonyl (C=O) groups excluding carboxylic acids is 1. The summed E-state index contributed by atoms with van der Waals surface area (Å²) < 4.78 is 12.2. The molecule has 0 spiro atoms. The molecule has 0 unspecified atom stereocenters. The number of nitrogens with zero attached hydrogens (tertiary/aromatic N) is 1. The van der Waals surface area contributed by atoms with Gasteiger partial charge in [-0.2, -0.15) is 0 Å². The highest BCUT2D eigenvalue weighted by atomic mass is 16.5. The smallest absolute Gasteiger partial charge is 0.273 e. The molecule has 4 atom stereocenters. The Morgan fingerprint density at radius 1 is 1.03 bits per heavy atom. The molecule has 6 heteroatoms. The van der Waals surface area contributed by atoms with Crippen molar-refractivity contribution in [1.29, 1.82) is 0 Å². The minimum Gasteiger partial charge on any atom is -0.448 e. The van der Waals surface area contributed by atoms with E-state index in [1.807, 2.05) is 6.07 Å². The van der Waals surface area contributed by atoms with E-state index in [4.69, 9.17) is 9.15 Å². The van der Waals surface area contributed by atoms with E-state index in [2.05, 4.69) is 28.5 Å². The average molecular weight is 481 g/mol. The summed E-state index contributed by atoms with van der Waals surface area (Å²) in [6.45, 7) is 0.835. The number of hydrogen-bond acceptors (Lipinski definition) is 5. The molecule has 2 saturated heterocycles. The molecular formula is C29H40N2O4. The maximum absolute atomic E-state index is 12.7. The number of aliphatic hydroxyl groups is 1. The van der Waals surface area contributed by atoms with E-state index in [0.29, 0.717) is 24.6 Å². The SMILES string of the molecule is O=C(NCCCCC1CCCCC1)c1coc([C@H]2[C@@H](Cc3ccccc3CCO)[C@@H]3CC[C@H]2O3)n1. The molecule has 2 aliphatic heterocycles. The molecule has 190 valence electrons. The topological polar surface area (TPSA) is 84.6 Å². The first kappa shape index (κ1) is 24.5. The first-order valence-corrected chi connectivity index (χ1v) is 13.8. The quantitative estimate of drug-likeness (QED) is 0.432. The van der Waals surface area contributed by atoms with Gasteiger partial charge >= 0.3 is 0 Å². The first-order valence-electron chi connectivity index (χ1n) is 13.8. The van der Waals surface area contributed by atoms with Crippen LogP contribution >= 0.6 is 0 Å². The average Bonchev–Trinajstić information content (AvgIpc) is 3.63. The van der Waals surface area contributed by atoms with Crippen LogP contribution in [0.5, 0.6) is 0 Å². The molecule has 1 amide bonds. The number of ether oxygens (including phenoxy) is 1. The Morgan fingerprint density at radius 3 is 2.66 bits per heavy atom. The third-order valence-electron chi connectivity index (χ3n) is 8.47. The number of amides is 1. The Balaban J connectivity index is 1.16. The fourth-order valence-corrected chi connectivity index (χ4v) is 6.62. The number of fused-ring (bicyclic) bond motifs is 2. The van der Waals surface area contributed by atoms with Crippen LogP contribution in [-0.2, 0) is 17.6 Å². The second-order valence-corrected chi connectivity index (χ2v) is 10.8. The number of nitrogens with one attached hydrogen (secondary N) is 1. The molecule has 6 nitrogen and oxygen atoms in total. The van der Waals surface area contributed by atoms with Crippen molar-refractivity contribution in [2.45, 2.75) is 95.2 Å². The molecule has 3 aliphatic rings. The van der Waals surface area contributed by atoms with Gasteiger partial charge in [-0.25, -0.2) is 4.98 Å². The summed E-state index contributed by atoms with van der Waals surface area (Å²) in [5.41, 5.74) is 2.81. The van der Waals surface area contributed by atoms with E-state index < -0.39 is 0 Å². The molecule has 1 aromatic heterocycles. The van der Waals surface area contributed by atoms with Gasteiger partial charge in [-0.05, 0) is 49.1 Å². The number of carbonyl (C=O) groups is 1. The minimum atomic E-state index is -0.147. The third-order valence-corrected chi connectivity index (χ3v) is 8.47. The van der Waals surface area contributed by atoms with E-state index in [-0.39, 0.29) is 36.6 Å². The summed E-state index contributed by atoms with van der Waals surface area (Å²) >= 11 is 0. The molecule has 3 heterocycles.